The highest BCUT2D eigenvalue weighted by Gasteiger charge is 2.21. The molecule has 1 atom stereocenters. The maximum atomic E-state index is 11.9. The molecule has 18 heavy (non-hydrogen) atoms. The number of carbonyl (C=O) groups is 1. The van der Waals surface area contributed by atoms with Crippen molar-refractivity contribution in [2.24, 2.45) is 0 Å². The van der Waals surface area contributed by atoms with Gasteiger partial charge < -0.3 is 15.1 Å². The number of nitrogens with one attached hydrogen (secondary N) is 2. The van der Waals surface area contributed by atoms with E-state index in [0.29, 0.717) is 5.89 Å². The number of benzene rings is 1. The van der Waals surface area contributed by atoms with E-state index in [0.717, 1.165) is 36.2 Å². The van der Waals surface area contributed by atoms with E-state index in [4.69, 9.17) is 4.42 Å². The van der Waals surface area contributed by atoms with Gasteiger partial charge in [-0.05, 0) is 37.6 Å². The molecule has 1 aromatic carbocycles. The highest BCUT2D eigenvalue weighted by atomic mass is 16.3. The third kappa shape index (κ3) is 2.09. The number of carbonyl (C=O) groups excluding carboxylic acids is 1. The van der Waals surface area contributed by atoms with Crippen LogP contribution in [0.15, 0.2) is 22.6 Å². The Morgan fingerprint density at radius 1 is 1.56 bits per heavy atom. The Hall–Kier alpha value is -1.88. The number of aromatic nitrogens is 1. The molecule has 1 aromatic heterocycles. The topological polar surface area (TPSA) is 67.2 Å². The number of hydrogen-bond acceptors (Lipinski definition) is 4. The molecule has 1 aliphatic heterocycles. The first-order valence-corrected chi connectivity index (χ1v) is 6.14. The number of oxazole rings is 1. The minimum atomic E-state index is -0.0697. The van der Waals surface area contributed by atoms with Gasteiger partial charge in [-0.1, -0.05) is 0 Å². The molecule has 0 aliphatic carbocycles. The summed E-state index contributed by atoms with van der Waals surface area (Å²) in [5.74, 6) is 0.651. The smallest absolute Gasteiger partial charge is 0.241 e. The number of anilines is 1. The Kier molecular flexibility index (Phi) is 2.76. The standard InChI is InChI=1S/C13H15N3O2/c1-8-15-11-7-9(4-5-12(11)18-8)16-13(17)10-3-2-6-14-10/h4-5,7,10,14H,2-3,6H2,1H3,(H,16,17)/t10-/m0/s1. The lowest BCUT2D eigenvalue weighted by molar-refractivity contribution is -0.117. The predicted octanol–water partition coefficient (Wildman–Crippen LogP) is 1.83. The first-order valence-electron chi connectivity index (χ1n) is 6.14. The van der Waals surface area contributed by atoms with Gasteiger partial charge in [-0.25, -0.2) is 4.98 Å². The Balaban J connectivity index is 1.79. The lowest BCUT2D eigenvalue weighted by atomic mass is 10.2. The van der Waals surface area contributed by atoms with Crippen LogP contribution < -0.4 is 10.6 Å². The van der Waals surface area contributed by atoms with Crippen molar-refractivity contribution in [3.63, 3.8) is 0 Å². The maximum Gasteiger partial charge on any atom is 0.241 e. The van der Waals surface area contributed by atoms with Crippen LogP contribution in [0.3, 0.4) is 0 Å². The van der Waals surface area contributed by atoms with E-state index in [1.807, 2.05) is 18.2 Å². The van der Waals surface area contributed by atoms with Gasteiger partial charge in [-0.15, -0.1) is 0 Å². The Morgan fingerprint density at radius 3 is 3.22 bits per heavy atom. The molecule has 1 saturated heterocycles. The van der Waals surface area contributed by atoms with E-state index in [1.54, 1.807) is 6.92 Å². The fourth-order valence-corrected chi connectivity index (χ4v) is 2.26. The molecule has 3 rings (SSSR count). The maximum absolute atomic E-state index is 11.9. The van der Waals surface area contributed by atoms with Crippen molar-refractivity contribution >= 4 is 22.7 Å². The van der Waals surface area contributed by atoms with Crippen LogP contribution in [0.5, 0.6) is 0 Å². The van der Waals surface area contributed by atoms with Crippen LogP contribution >= 0.6 is 0 Å². The van der Waals surface area contributed by atoms with Gasteiger partial charge in [-0.2, -0.15) is 0 Å². The molecule has 1 amide bonds. The van der Waals surface area contributed by atoms with Gasteiger partial charge in [0.25, 0.3) is 0 Å². The summed E-state index contributed by atoms with van der Waals surface area (Å²) in [4.78, 5) is 16.2. The summed E-state index contributed by atoms with van der Waals surface area (Å²) >= 11 is 0. The van der Waals surface area contributed by atoms with Gasteiger partial charge in [0.05, 0.1) is 6.04 Å². The summed E-state index contributed by atoms with van der Waals surface area (Å²) in [6.07, 6.45) is 1.96. The van der Waals surface area contributed by atoms with Crippen LogP contribution in [0.25, 0.3) is 11.1 Å². The van der Waals surface area contributed by atoms with Gasteiger partial charge in [0, 0.05) is 12.6 Å². The largest absolute Gasteiger partial charge is 0.441 e. The molecule has 5 nitrogen and oxygen atoms in total. The summed E-state index contributed by atoms with van der Waals surface area (Å²) in [7, 11) is 0. The van der Waals surface area contributed by atoms with Gasteiger partial charge >= 0.3 is 0 Å². The quantitative estimate of drug-likeness (QED) is 0.847. The SMILES string of the molecule is Cc1nc2cc(NC(=O)[C@@H]3CCCN3)ccc2o1. The molecule has 1 fully saturated rings. The summed E-state index contributed by atoms with van der Waals surface area (Å²) < 4.78 is 5.39. The second-order valence-corrected chi connectivity index (χ2v) is 4.55. The highest BCUT2D eigenvalue weighted by Crippen LogP contribution is 2.20. The molecule has 94 valence electrons. The molecular weight excluding hydrogens is 230 g/mol. The fourth-order valence-electron chi connectivity index (χ4n) is 2.26. The van der Waals surface area contributed by atoms with Crippen molar-refractivity contribution in [3.05, 3.63) is 24.1 Å². The molecule has 0 unspecified atom stereocenters. The van der Waals surface area contributed by atoms with Gasteiger partial charge in [0.2, 0.25) is 5.91 Å². The fraction of sp³-hybridized carbons (Fsp3) is 0.385. The number of amides is 1. The Bertz CT molecular complexity index is 585. The Morgan fingerprint density at radius 2 is 2.44 bits per heavy atom. The van der Waals surface area contributed by atoms with Gasteiger partial charge in [0.15, 0.2) is 11.5 Å². The van der Waals surface area contributed by atoms with Crippen LogP contribution in [0.2, 0.25) is 0 Å². The van der Waals surface area contributed by atoms with E-state index < -0.39 is 0 Å². The molecule has 2 aromatic rings. The third-order valence-corrected chi connectivity index (χ3v) is 3.14. The summed E-state index contributed by atoms with van der Waals surface area (Å²) in [6.45, 7) is 2.72. The van der Waals surface area contributed by atoms with Crippen molar-refractivity contribution < 1.29 is 9.21 Å². The van der Waals surface area contributed by atoms with Gasteiger partial charge in [-0.3, -0.25) is 4.79 Å². The second-order valence-electron chi connectivity index (χ2n) is 4.55. The zero-order chi connectivity index (χ0) is 12.5. The van der Waals surface area contributed by atoms with Crippen molar-refractivity contribution in [2.45, 2.75) is 25.8 Å². The monoisotopic (exact) mass is 245 g/mol. The van der Waals surface area contributed by atoms with Crippen LogP contribution in [0.1, 0.15) is 18.7 Å². The molecule has 2 heterocycles. The molecule has 5 heteroatoms. The molecular formula is C13H15N3O2. The van der Waals surface area contributed by atoms with Crippen molar-refractivity contribution in [1.29, 1.82) is 0 Å². The second kappa shape index (κ2) is 4.42. The molecule has 0 radical (unpaired) electrons. The molecule has 1 aliphatic rings. The Labute approximate surface area is 105 Å². The summed E-state index contributed by atoms with van der Waals surface area (Å²) in [5, 5.41) is 6.07. The van der Waals surface area contributed by atoms with Crippen LogP contribution in [-0.4, -0.2) is 23.5 Å². The zero-order valence-corrected chi connectivity index (χ0v) is 10.2. The minimum absolute atomic E-state index is 0.0204. The first kappa shape index (κ1) is 11.2. The van der Waals surface area contributed by atoms with E-state index in [1.165, 1.54) is 0 Å². The van der Waals surface area contributed by atoms with Gasteiger partial charge in [0.1, 0.15) is 5.52 Å². The third-order valence-electron chi connectivity index (χ3n) is 3.14. The minimum Gasteiger partial charge on any atom is -0.441 e. The summed E-state index contributed by atoms with van der Waals surface area (Å²) in [6, 6.07) is 5.42. The van der Waals surface area contributed by atoms with E-state index in [9.17, 15) is 4.79 Å². The average molecular weight is 245 g/mol. The van der Waals surface area contributed by atoms with Crippen molar-refractivity contribution in [3.8, 4) is 0 Å². The predicted molar refractivity (Wildman–Crippen MR) is 68.4 cm³/mol. The molecule has 0 saturated carbocycles. The van der Waals surface area contributed by atoms with Crippen molar-refractivity contribution in [2.75, 3.05) is 11.9 Å². The molecule has 0 bridgehead atoms. The number of rotatable bonds is 2. The van der Waals surface area contributed by atoms with Crippen LogP contribution in [-0.2, 0) is 4.79 Å². The van der Waals surface area contributed by atoms with Crippen LogP contribution in [0, 0.1) is 6.92 Å². The van der Waals surface area contributed by atoms with E-state index in [-0.39, 0.29) is 11.9 Å². The number of nitrogens with zero attached hydrogens (tertiary/aromatic N) is 1. The summed E-state index contributed by atoms with van der Waals surface area (Å²) in [5.41, 5.74) is 2.27. The zero-order valence-electron chi connectivity index (χ0n) is 10.2. The number of hydrogen-bond donors (Lipinski definition) is 2. The first-order chi connectivity index (χ1) is 8.72. The van der Waals surface area contributed by atoms with E-state index >= 15 is 0 Å². The molecule has 2 N–H and O–H groups in total. The molecule has 0 spiro atoms. The lowest BCUT2D eigenvalue weighted by Gasteiger charge is -2.10. The highest BCUT2D eigenvalue weighted by molar-refractivity contribution is 5.96. The number of aryl methyl sites for hydroxylation is 1. The average Bonchev–Trinajstić information content (AvgIpc) is 2.95. The lowest BCUT2D eigenvalue weighted by Crippen LogP contribution is -2.35. The normalized spacial score (nSPS) is 19.3. The van der Waals surface area contributed by atoms with Crippen LogP contribution in [0.4, 0.5) is 5.69 Å². The number of fused-ring (bicyclic) bond motifs is 1. The van der Waals surface area contributed by atoms with Crippen molar-refractivity contribution in [1.82, 2.24) is 10.3 Å². The van der Waals surface area contributed by atoms with E-state index in [2.05, 4.69) is 15.6 Å².